The first kappa shape index (κ1) is 37.6. The second-order valence-corrected chi connectivity index (χ2v) is 17.7. The van der Waals surface area contributed by atoms with Gasteiger partial charge in [-0.25, -0.2) is 18.0 Å². The summed E-state index contributed by atoms with van der Waals surface area (Å²) in [4.78, 5) is 71.9. The normalized spacial score (nSPS) is 29.1. The number of sulfonamides is 1. The summed E-state index contributed by atoms with van der Waals surface area (Å²) >= 11 is 0. The number of amides is 6. The van der Waals surface area contributed by atoms with Crippen molar-refractivity contribution in [3.05, 3.63) is 47.5 Å². The molecule has 1 saturated heterocycles. The van der Waals surface area contributed by atoms with Gasteiger partial charge >= 0.3 is 12.1 Å². The van der Waals surface area contributed by atoms with E-state index < -0.39 is 80.3 Å². The van der Waals surface area contributed by atoms with E-state index >= 15 is 0 Å². The SMILES string of the molecule is C=C[C@@H]1C[C@]1(NC(=O)[C@@H]1C[C@@H]2CN1C(=O)[C@H](CCCC)NC(=O)NC(C)(C)CCCCc1cccc3c1CN(C3)C(=O)O2)C(=O)NS(=O)(=O)C1CC1. The summed E-state index contributed by atoms with van der Waals surface area (Å²) in [5.74, 6) is -2.57. The Kier molecular flexibility index (Phi) is 10.6. The summed E-state index contributed by atoms with van der Waals surface area (Å²) in [6, 6.07) is 3.44. The molecule has 0 spiro atoms. The molecule has 2 aliphatic carbocycles. The number of ether oxygens (including phenoxy) is 1. The second kappa shape index (κ2) is 14.7. The Morgan fingerprint density at radius 2 is 1.87 bits per heavy atom. The van der Waals surface area contributed by atoms with Gasteiger partial charge in [-0.1, -0.05) is 50.5 Å². The number of carbonyl (C=O) groups is 5. The van der Waals surface area contributed by atoms with Gasteiger partial charge in [0, 0.05) is 31.0 Å². The summed E-state index contributed by atoms with van der Waals surface area (Å²) in [6.07, 6.45) is 6.08. The molecule has 5 atom stereocenters. The molecule has 1 aromatic carbocycles. The number of fused-ring (bicyclic) bond motifs is 3. The van der Waals surface area contributed by atoms with E-state index in [2.05, 4.69) is 33.3 Å². The summed E-state index contributed by atoms with van der Waals surface area (Å²) in [5.41, 5.74) is 1.20. The van der Waals surface area contributed by atoms with Crippen molar-refractivity contribution in [1.29, 1.82) is 0 Å². The molecule has 6 rings (SSSR count). The molecular formula is C37H52N6O8S. The summed E-state index contributed by atoms with van der Waals surface area (Å²) in [6.45, 7) is 10.3. The van der Waals surface area contributed by atoms with Crippen LogP contribution < -0.4 is 20.7 Å². The lowest BCUT2D eigenvalue weighted by molar-refractivity contribution is -0.141. The highest BCUT2D eigenvalue weighted by Crippen LogP contribution is 2.45. The molecule has 5 aliphatic rings. The average Bonchev–Trinajstić information content (AvgIpc) is 3.98. The number of hydrogen-bond acceptors (Lipinski definition) is 8. The zero-order valence-electron chi connectivity index (χ0n) is 30.4. The van der Waals surface area contributed by atoms with E-state index in [-0.39, 0.29) is 19.4 Å². The van der Waals surface area contributed by atoms with Gasteiger partial charge in [0.15, 0.2) is 0 Å². The molecule has 3 heterocycles. The minimum absolute atomic E-state index is 0.0497. The third-order valence-corrected chi connectivity index (χ3v) is 12.9. The molecular weight excluding hydrogens is 689 g/mol. The van der Waals surface area contributed by atoms with Crippen LogP contribution >= 0.6 is 0 Å². The fourth-order valence-corrected chi connectivity index (χ4v) is 9.14. The van der Waals surface area contributed by atoms with Gasteiger partial charge in [0.1, 0.15) is 23.7 Å². The first-order chi connectivity index (χ1) is 24.7. The quantitative estimate of drug-likeness (QED) is 0.279. The van der Waals surface area contributed by atoms with Crippen molar-refractivity contribution in [2.24, 2.45) is 5.92 Å². The van der Waals surface area contributed by atoms with Crippen LogP contribution in [-0.2, 0) is 48.7 Å². The standard InChI is InChI=1S/C37H52N6O8S/c1-5-7-14-29-32(45)43-21-26(18-30(43)31(44)39-37(19-25(37)6-2)33(46)41-52(49,50)27-15-16-27)51-35(48)42-20-24-13-10-12-23(28(24)22-42)11-8-9-17-36(3,4)40-34(47)38-29/h6,10,12-13,25-27,29-30H,2,5,7-9,11,14-22H2,1,3-4H3,(H,39,44)(H,41,46)(H2,38,40,47)/t25-,26-,29+,30+,37-/m1/s1. The third kappa shape index (κ3) is 8.08. The van der Waals surface area contributed by atoms with Crippen molar-refractivity contribution in [2.45, 2.75) is 139 Å². The molecule has 3 fully saturated rings. The summed E-state index contributed by atoms with van der Waals surface area (Å²) in [5, 5.41) is 8.01. The molecule has 1 aromatic rings. The zero-order chi connectivity index (χ0) is 37.4. The first-order valence-electron chi connectivity index (χ1n) is 18.6. The number of nitrogens with zero attached hydrogens (tertiary/aromatic N) is 2. The topological polar surface area (TPSA) is 183 Å². The molecule has 284 valence electrons. The molecule has 3 aliphatic heterocycles. The summed E-state index contributed by atoms with van der Waals surface area (Å²) in [7, 11) is -3.90. The van der Waals surface area contributed by atoms with Crippen molar-refractivity contribution in [3.63, 3.8) is 0 Å². The van der Waals surface area contributed by atoms with Crippen molar-refractivity contribution < 1.29 is 37.1 Å². The Labute approximate surface area is 305 Å². The van der Waals surface area contributed by atoms with Crippen LogP contribution in [0.3, 0.4) is 0 Å². The number of carbonyl (C=O) groups excluding carboxylic acids is 5. The molecule has 0 unspecified atom stereocenters. The van der Waals surface area contributed by atoms with E-state index in [1.165, 1.54) is 16.5 Å². The number of urea groups is 1. The monoisotopic (exact) mass is 740 g/mol. The van der Waals surface area contributed by atoms with Crippen molar-refractivity contribution in [1.82, 2.24) is 30.5 Å². The lowest BCUT2D eigenvalue weighted by Gasteiger charge is -2.31. The van der Waals surface area contributed by atoms with Gasteiger partial charge in [0.2, 0.25) is 21.8 Å². The van der Waals surface area contributed by atoms with Gasteiger partial charge in [-0.15, -0.1) is 6.58 Å². The highest BCUT2D eigenvalue weighted by Gasteiger charge is 2.62. The molecule has 4 N–H and O–H groups in total. The maximum absolute atomic E-state index is 14.4. The Morgan fingerprint density at radius 1 is 1.12 bits per heavy atom. The van der Waals surface area contributed by atoms with Crippen LogP contribution in [0.4, 0.5) is 9.59 Å². The van der Waals surface area contributed by atoms with Crippen LogP contribution in [0.25, 0.3) is 0 Å². The fourth-order valence-electron chi connectivity index (χ4n) is 7.78. The molecule has 14 nitrogen and oxygen atoms in total. The predicted octanol–water partition coefficient (Wildman–Crippen LogP) is 3.14. The van der Waals surface area contributed by atoms with E-state index in [0.29, 0.717) is 45.2 Å². The average molecular weight is 741 g/mol. The lowest BCUT2D eigenvalue weighted by atomic mass is 9.94. The van der Waals surface area contributed by atoms with Gasteiger partial charge in [-0.05, 0) is 75.5 Å². The first-order valence-corrected chi connectivity index (χ1v) is 20.2. The second-order valence-electron chi connectivity index (χ2n) is 15.7. The van der Waals surface area contributed by atoms with E-state index in [0.717, 1.165) is 36.8 Å². The lowest BCUT2D eigenvalue weighted by Crippen LogP contribution is -2.59. The van der Waals surface area contributed by atoms with Crippen molar-refractivity contribution in [3.8, 4) is 0 Å². The van der Waals surface area contributed by atoms with Crippen molar-refractivity contribution in [2.75, 3.05) is 6.54 Å². The fraction of sp³-hybridized carbons (Fsp3) is 0.649. The van der Waals surface area contributed by atoms with E-state index in [1.54, 1.807) is 4.90 Å². The Hall–Kier alpha value is -4.14. The molecule has 15 heteroatoms. The third-order valence-electron chi connectivity index (χ3n) is 11.1. The zero-order valence-corrected chi connectivity index (χ0v) is 31.2. The van der Waals surface area contributed by atoms with E-state index in [4.69, 9.17) is 4.74 Å². The number of benzene rings is 1. The summed E-state index contributed by atoms with van der Waals surface area (Å²) < 4.78 is 33.5. The van der Waals surface area contributed by atoms with Gasteiger partial charge < -0.3 is 25.6 Å². The van der Waals surface area contributed by atoms with Crippen LogP contribution in [0, 0.1) is 5.92 Å². The molecule has 4 bridgehead atoms. The highest BCUT2D eigenvalue weighted by atomic mass is 32.2. The number of hydrogen-bond donors (Lipinski definition) is 4. The van der Waals surface area contributed by atoms with Crippen LogP contribution in [0.1, 0.15) is 102 Å². The number of rotatable bonds is 9. The number of aryl methyl sites for hydroxylation is 1. The van der Waals surface area contributed by atoms with Crippen molar-refractivity contribution >= 4 is 39.9 Å². The van der Waals surface area contributed by atoms with E-state index in [9.17, 15) is 32.4 Å². The molecule has 52 heavy (non-hydrogen) atoms. The number of nitrogens with one attached hydrogen (secondary N) is 4. The highest BCUT2D eigenvalue weighted by molar-refractivity contribution is 7.91. The Bertz CT molecular complexity index is 1730. The predicted molar refractivity (Wildman–Crippen MR) is 192 cm³/mol. The minimum atomic E-state index is -3.90. The largest absolute Gasteiger partial charge is 0.444 e. The van der Waals surface area contributed by atoms with Crippen LogP contribution in [-0.4, -0.2) is 89.1 Å². The van der Waals surface area contributed by atoms with Crippen LogP contribution in [0.15, 0.2) is 30.9 Å². The maximum atomic E-state index is 14.4. The van der Waals surface area contributed by atoms with Crippen LogP contribution in [0.5, 0.6) is 0 Å². The smallest absolute Gasteiger partial charge is 0.410 e. The maximum Gasteiger partial charge on any atom is 0.410 e. The minimum Gasteiger partial charge on any atom is -0.444 e. The van der Waals surface area contributed by atoms with E-state index in [1.807, 2.05) is 32.9 Å². The van der Waals surface area contributed by atoms with Crippen LogP contribution in [0.2, 0.25) is 0 Å². The van der Waals surface area contributed by atoms with Gasteiger partial charge in [0.05, 0.1) is 11.8 Å². The van der Waals surface area contributed by atoms with Gasteiger partial charge in [-0.3, -0.25) is 24.0 Å². The molecule has 2 saturated carbocycles. The van der Waals surface area contributed by atoms with Gasteiger partial charge in [-0.2, -0.15) is 0 Å². The molecule has 0 radical (unpaired) electrons. The molecule has 0 aromatic heterocycles. The van der Waals surface area contributed by atoms with Gasteiger partial charge in [0.25, 0.3) is 5.91 Å². The Balaban J connectivity index is 1.27. The Morgan fingerprint density at radius 3 is 2.56 bits per heavy atom. The molecule has 6 amide bonds. The number of unbranched alkanes of at least 4 members (excludes halogenated alkanes) is 1.